The summed E-state index contributed by atoms with van der Waals surface area (Å²) in [5.74, 6) is 0.874. The Bertz CT molecular complexity index is 765. The minimum Gasteiger partial charge on any atom is -0.398 e. The van der Waals surface area contributed by atoms with E-state index in [2.05, 4.69) is 13.0 Å². The summed E-state index contributed by atoms with van der Waals surface area (Å²) in [6, 6.07) is 8.04. The summed E-state index contributed by atoms with van der Waals surface area (Å²) in [6.07, 6.45) is 5.42. The third kappa shape index (κ3) is 2.55. The molecule has 2 N–H and O–H groups in total. The number of thiophene rings is 1. The number of amides is 1. The number of carbonyl (C=O) groups excluding carboxylic acids is 1. The highest BCUT2D eigenvalue weighted by atomic mass is 32.1. The minimum absolute atomic E-state index is 0.142. The van der Waals surface area contributed by atoms with Gasteiger partial charge in [-0.3, -0.25) is 4.79 Å². The molecule has 2 heterocycles. The molecular formula is C19H22N2OS. The molecule has 2 aliphatic rings. The van der Waals surface area contributed by atoms with E-state index in [1.54, 1.807) is 11.3 Å². The fourth-order valence-corrected chi connectivity index (χ4v) is 4.96. The maximum absolute atomic E-state index is 13.1. The maximum Gasteiger partial charge on any atom is 0.268 e. The lowest BCUT2D eigenvalue weighted by Crippen LogP contribution is -2.35. The Morgan fingerprint density at radius 1 is 1.35 bits per heavy atom. The quantitative estimate of drug-likeness (QED) is 0.804. The first-order valence-electron chi connectivity index (χ1n) is 8.44. The van der Waals surface area contributed by atoms with E-state index in [9.17, 15) is 4.79 Å². The van der Waals surface area contributed by atoms with Crippen molar-refractivity contribution in [2.24, 2.45) is 5.92 Å². The normalized spacial score (nSPS) is 20.0. The summed E-state index contributed by atoms with van der Waals surface area (Å²) in [5, 5.41) is 0. The van der Waals surface area contributed by atoms with Crippen molar-refractivity contribution in [1.29, 1.82) is 0 Å². The average Bonchev–Trinajstić information content (AvgIpc) is 2.97. The molecule has 2 aromatic rings. The molecule has 3 nitrogen and oxygen atoms in total. The topological polar surface area (TPSA) is 46.3 Å². The zero-order valence-electron chi connectivity index (χ0n) is 13.5. The summed E-state index contributed by atoms with van der Waals surface area (Å²) in [7, 11) is 0. The summed E-state index contributed by atoms with van der Waals surface area (Å²) >= 11 is 1.70. The van der Waals surface area contributed by atoms with Crippen LogP contribution in [0.25, 0.3) is 0 Å². The van der Waals surface area contributed by atoms with Crippen LogP contribution in [0.2, 0.25) is 0 Å². The van der Waals surface area contributed by atoms with Gasteiger partial charge in [0, 0.05) is 22.8 Å². The molecule has 120 valence electrons. The van der Waals surface area contributed by atoms with Gasteiger partial charge in [-0.05, 0) is 67.3 Å². The number of nitrogens with two attached hydrogens (primary N) is 1. The van der Waals surface area contributed by atoms with Crippen LogP contribution in [0.1, 0.15) is 45.4 Å². The van der Waals surface area contributed by atoms with Crippen LogP contribution in [0, 0.1) is 5.92 Å². The summed E-state index contributed by atoms with van der Waals surface area (Å²) in [6.45, 7) is 3.08. The molecule has 0 saturated heterocycles. The third-order valence-corrected chi connectivity index (χ3v) is 6.30. The van der Waals surface area contributed by atoms with E-state index in [0.717, 1.165) is 60.0 Å². The van der Waals surface area contributed by atoms with Gasteiger partial charge in [-0.15, -0.1) is 11.3 Å². The number of anilines is 2. The SMILES string of the molecule is CC1CCc2sc(C(=O)N3CCCc4c(N)cccc43)cc2C1. The molecule has 1 atom stereocenters. The van der Waals surface area contributed by atoms with E-state index in [1.807, 2.05) is 23.1 Å². The minimum atomic E-state index is 0.142. The lowest BCUT2D eigenvalue weighted by Gasteiger charge is -2.30. The molecule has 4 heteroatoms. The number of fused-ring (bicyclic) bond motifs is 2. The standard InChI is InChI=1S/C19H22N2OS/c1-12-7-8-17-13(10-12)11-18(23-17)19(22)21-9-3-4-14-15(20)5-2-6-16(14)21/h2,5-6,11-12H,3-4,7-10,20H2,1H3. The molecule has 0 bridgehead atoms. The number of nitrogen functional groups attached to an aromatic ring is 1. The van der Waals surface area contributed by atoms with Gasteiger partial charge in [0.05, 0.1) is 4.88 Å². The maximum atomic E-state index is 13.1. The Morgan fingerprint density at radius 3 is 3.09 bits per heavy atom. The summed E-state index contributed by atoms with van der Waals surface area (Å²) in [5.41, 5.74) is 10.4. The Morgan fingerprint density at radius 2 is 2.22 bits per heavy atom. The Hall–Kier alpha value is -1.81. The number of hydrogen-bond donors (Lipinski definition) is 1. The van der Waals surface area contributed by atoms with Crippen molar-refractivity contribution in [1.82, 2.24) is 0 Å². The number of nitrogens with zero attached hydrogens (tertiary/aromatic N) is 1. The zero-order chi connectivity index (χ0) is 16.0. The van der Waals surface area contributed by atoms with E-state index >= 15 is 0 Å². The van der Waals surface area contributed by atoms with Crippen LogP contribution in [-0.4, -0.2) is 12.5 Å². The first kappa shape index (κ1) is 14.8. The van der Waals surface area contributed by atoms with E-state index in [0.29, 0.717) is 0 Å². The molecule has 1 unspecified atom stereocenters. The highest BCUT2D eigenvalue weighted by molar-refractivity contribution is 7.14. The van der Waals surface area contributed by atoms with E-state index in [1.165, 1.54) is 16.9 Å². The molecule has 1 aromatic heterocycles. The average molecular weight is 326 g/mol. The smallest absolute Gasteiger partial charge is 0.268 e. The van der Waals surface area contributed by atoms with Crippen LogP contribution in [0.4, 0.5) is 11.4 Å². The van der Waals surface area contributed by atoms with E-state index in [-0.39, 0.29) is 5.91 Å². The van der Waals surface area contributed by atoms with E-state index in [4.69, 9.17) is 5.73 Å². The van der Waals surface area contributed by atoms with Crippen LogP contribution in [-0.2, 0) is 19.3 Å². The van der Waals surface area contributed by atoms with Gasteiger partial charge in [-0.1, -0.05) is 13.0 Å². The van der Waals surface area contributed by atoms with Crippen molar-refractivity contribution < 1.29 is 4.79 Å². The zero-order valence-corrected chi connectivity index (χ0v) is 14.3. The molecule has 0 saturated carbocycles. The van der Waals surface area contributed by atoms with Gasteiger partial charge in [0.1, 0.15) is 0 Å². The molecule has 1 amide bonds. The van der Waals surface area contributed by atoms with Crippen LogP contribution < -0.4 is 10.6 Å². The molecule has 1 aliphatic heterocycles. The second-order valence-corrected chi connectivity index (χ2v) is 7.95. The molecule has 0 radical (unpaired) electrons. The molecular weight excluding hydrogens is 304 g/mol. The van der Waals surface area contributed by atoms with Crippen molar-refractivity contribution in [2.75, 3.05) is 17.2 Å². The molecule has 4 rings (SSSR count). The van der Waals surface area contributed by atoms with Crippen molar-refractivity contribution in [3.8, 4) is 0 Å². The number of aryl methyl sites for hydroxylation is 1. The second kappa shape index (κ2) is 5.68. The number of hydrogen-bond acceptors (Lipinski definition) is 3. The van der Waals surface area contributed by atoms with Crippen LogP contribution in [0.15, 0.2) is 24.3 Å². The lowest BCUT2D eigenvalue weighted by molar-refractivity contribution is 0.0989. The summed E-state index contributed by atoms with van der Waals surface area (Å²) < 4.78 is 0. The fourth-order valence-electron chi connectivity index (χ4n) is 3.81. The van der Waals surface area contributed by atoms with Crippen molar-refractivity contribution >= 4 is 28.6 Å². The van der Waals surface area contributed by atoms with Crippen molar-refractivity contribution in [3.05, 3.63) is 45.1 Å². The van der Waals surface area contributed by atoms with E-state index < -0.39 is 0 Å². The summed E-state index contributed by atoms with van der Waals surface area (Å²) in [4.78, 5) is 17.3. The number of carbonyl (C=O) groups is 1. The van der Waals surface area contributed by atoms with Gasteiger partial charge >= 0.3 is 0 Å². The van der Waals surface area contributed by atoms with Gasteiger partial charge in [-0.2, -0.15) is 0 Å². The predicted molar refractivity (Wildman–Crippen MR) is 96.4 cm³/mol. The van der Waals surface area contributed by atoms with Crippen LogP contribution >= 0.6 is 11.3 Å². The van der Waals surface area contributed by atoms with Crippen molar-refractivity contribution in [2.45, 2.75) is 39.0 Å². The molecule has 1 aromatic carbocycles. The molecule has 23 heavy (non-hydrogen) atoms. The molecule has 1 aliphatic carbocycles. The van der Waals surface area contributed by atoms with Gasteiger partial charge in [0.2, 0.25) is 0 Å². The van der Waals surface area contributed by atoms with Crippen molar-refractivity contribution in [3.63, 3.8) is 0 Å². The van der Waals surface area contributed by atoms with Gasteiger partial charge < -0.3 is 10.6 Å². The molecule has 0 fully saturated rings. The Labute approximate surface area is 141 Å². The molecule has 0 spiro atoms. The fraction of sp³-hybridized carbons (Fsp3) is 0.421. The monoisotopic (exact) mass is 326 g/mol. The van der Waals surface area contributed by atoms with Gasteiger partial charge in [-0.25, -0.2) is 0 Å². The number of benzene rings is 1. The first-order chi connectivity index (χ1) is 11.1. The number of rotatable bonds is 1. The Kier molecular flexibility index (Phi) is 3.64. The van der Waals surface area contributed by atoms with Crippen LogP contribution in [0.5, 0.6) is 0 Å². The Balaban J connectivity index is 1.67. The predicted octanol–water partition coefficient (Wildman–Crippen LogP) is 4.05. The van der Waals surface area contributed by atoms with Gasteiger partial charge in [0.15, 0.2) is 0 Å². The highest BCUT2D eigenvalue weighted by Gasteiger charge is 2.27. The lowest BCUT2D eigenvalue weighted by atomic mass is 9.90. The second-order valence-electron chi connectivity index (χ2n) is 6.81. The highest BCUT2D eigenvalue weighted by Crippen LogP contribution is 2.36. The van der Waals surface area contributed by atoms with Crippen LogP contribution in [0.3, 0.4) is 0 Å². The largest absolute Gasteiger partial charge is 0.398 e. The van der Waals surface area contributed by atoms with Gasteiger partial charge in [0.25, 0.3) is 5.91 Å². The first-order valence-corrected chi connectivity index (χ1v) is 9.26. The third-order valence-electron chi connectivity index (χ3n) is 5.07.